The smallest absolute Gasteiger partial charge is 0.315 e. The molecular formula is C19H19ClN2O5. The highest BCUT2D eigenvalue weighted by molar-refractivity contribution is 6.32. The molecule has 0 fully saturated rings. The molecule has 0 saturated carbocycles. The van der Waals surface area contributed by atoms with Gasteiger partial charge >= 0.3 is 6.03 Å². The van der Waals surface area contributed by atoms with Crippen molar-refractivity contribution in [1.29, 1.82) is 0 Å². The summed E-state index contributed by atoms with van der Waals surface area (Å²) >= 11 is 6.22. The zero-order chi connectivity index (χ0) is 18.6. The van der Waals surface area contributed by atoms with Crippen molar-refractivity contribution in [3.63, 3.8) is 0 Å². The fraction of sp³-hybridized carbons (Fsp3) is 0.316. The van der Waals surface area contributed by atoms with Crippen LogP contribution in [0.25, 0.3) is 0 Å². The molecule has 0 spiro atoms. The van der Waals surface area contributed by atoms with Crippen molar-refractivity contribution < 1.29 is 23.7 Å². The van der Waals surface area contributed by atoms with Gasteiger partial charge in [0, 0.05) is 13.1 Å². The SMILES string of the molecule is O=C(NCCc1cc(Cl)c2c(c1)OCCO2)NCc1ccc2c(c1)OCO2. The number of amides is 2. The summed E-state index contributed by atoms with van der Waals surface area (Å²) < 4.78 is 21.7. The number of rotatable bonds is 5. The lowest BCUT2D eigenvalue weighted by Crippen LogP contribution is -2.36. The number of carbonyl (C=O) groups is 1. The normalized spacial score (nSPS) is 14.0. The van der Waals surface area contributed by atoms with Gasteiger partial charge in [0.15, 0.2) is 23.0 Å². The van der Waals surface area contributed by atoms with Crippen LogP contribution in [0.1, 0.15) is 11.1 Å². The molecule has 0 saturated heterocycles. The van der Waals surface area contributed by atoms with Crippen LogP contribution >= 0.6 is 11.6 Å². The summed E-state index contributed by atoms with van der Waals surface area (Å²) in [6.45, 7) is 2.11. The van der Waals surface area contributed by atoms with E-state index in [1.807, 2.05) is 30.3 Å². The van der Waals surface area contributed by atoms with Crippen LogP contribution in [0, 0.1) is 0 Å². The fourth-order valence-electron chi connectivity index (χ4n) is 2.92. The predicted molar refractivity (Wildman–Crippen MR) is 98.9 cm³/mol. The molecule has 7 nitrogen and oxygen atoms in total. The maximum absolute atomic E-state index is 12.0. The highest BCUT2D eigenvalue weighted by Gasteiger charge is 2.17. The molecule has 0 unspecified atom stereocenters. The molecule has 2 heterocycles. The second-order valence-electron chi connectivity index (χ2n) is 6.15. The molecule has 2 aliphatic rings. The average Bonchev–Trinajstić information content (AvgIpc) is 3.14. The molecule has 0 atom stereocenters. The number of ether oxygens (including phenoxy) is 4. The van der Waals surface area contributed by atoms with Crippen molar-refractivity contribution in [3.8, 4) is 23.0 Å². The third-order valence-corrected chi connectivity index (χ3v) is 4.53. The summed E-state index contributed by atoms with van der Waals surface area (Å²) in [6.07, 6.45) is 0.633. The minimum absolute atomic E-state index is 0.233. The maximum atomic E-state index is 12.0. The minimum Gasteiger partial charge on any atom is -0.486 e. The van der Waals surface area contributed by atoms with Gasteiger partial charge in [0.05, 0.1) is 5.02 Å². The van der Waals surface area contributed by atoms with Crippen LogP contribution in [-0.4, -0.2) is 32.6 Å². The average molecular weight is 391 g/mol. The summed E-state index contributed by atoms with van der Waals surface area (Å²) in [4.78, 5) is 12.0. The quantitative estimate of drug-likeness (QED) is 0.820. The summed E-state index contributed by atoms with van der Waals surface area (Å²) in [6, 6.07) is 9.08. The Morgan fingerprint density at radius 3 is 2.67 bits per heavy atom. The Balaban J connectivity index is 1.24. The van der Waals surface area contributed by atoms with Crippen molar-refractivity contribution in [1.82, 2.24) is 10.6 Å². The lowest BCUT2D eigenvalue weighted by atomic mass is 10.1. The first-order valence-corrected chi connectivity index (χ1v) is 9.05. The van der Waals surface area contributed by atoms with Crippen LogP contribution in [0.4, 0.5) is 4.79 Å². The first kappa shape index (κ1) is 17.6. The van der Waals surface area contributed by atoms with Crippen molar-refractivity contribution >= 4 is 17.6 Å². The van der Waals surface area contributed by atoms with E-state index in [9.17, 15) is 4.79 Å². The molecular weight excluding hydrogens is 372 g/mol. The molecule has 8 heteroatoms. The monoisotopic (exact) mass is 390 g/mol. The van der Waals surface area contributed by atoms with E-state index in [4.69, 9.17) is 30.5 Å². The Bertz CT molecular complexity index is 858. The molecule has 0 radical (unpaired) electrons. The number of benzene rings is 2. The van der Waals surface area contributed by atoms with E-state index in [1.165, 1.54) is 0 Å². The van der Waals surface area contributed by atoms with Gasteiger partial charge in [-0.3, -0.25) is 0 Å². The molecule has 27 heavy (non-hydrogen) atoms. The zero-order valence-electron chi connectivity index (χ0n) is 14.5. The largest absolute Gasteiger partial charge is 0.486 e. The van der Waals surface area contributed by atoms with Gasteiger partial charge in [-0.2, -0.15) is 0 Å². The Kier molecular flexibility index (Phi) is 5.11. The first-order chi connectivity index (χ1) is 13.2. The fourth-order valence-corrected chi connectivity index (χ4v) is 3.21. The van der Waals surface area contributed by atoms with Gasteiger partial charge in [-0.25, -0.2) is 4.79 Å². The molecule has 142 valence electrons. The Morgan fingerprint density at radius 2 is 1.74 bits per heavy atom. The molecule has 0 aliphatic carbocycles. The number of hydrogen-bond donors (Lipinski definition) is 2. The topological polar surface area (TPSA) is 78.1 Å². The van der Waals surface area contributed by atoms with E-state index in [1.54, 1.807) is 0 Å². The van der Waals surface area contributed by atoms with Crippen molar-refractivity contribution in [2.24, 2.45) is 0 Å². The van der Waals surface area contributed by atoms with Crippen LogP contribution in [0.2, 0.25) is 5.02 Å². The number of carbonyl (C=O) groups excluding carboxylic acids is 1. The van der Waals surface area contributed by atoms with Gasteiger partial charge in [-0.1, -0.05) is 17.7 Å². The number of hydrogen-bond acceptors (Lipinski definition) is 5. The van der Waals surface area contributed by atoms with Crippen molar-refractivity contribution in [2.75, 3.05) is 26.6 Å². The lowest BCUT2D eigenvalue weighted by molar-refractivity contribution is 0.171. The second-order valence-corrected chi connectivity index (χ2v) is 6.56. The lowest BCUT2D eigenvalue weighted by Gasteiger charge is -2.20. The van der Waals surface area contributed by atoms with E-state index in [2.05, 4.69) is 10.6 Å². The van der Waals surface area contributed by atoms with Gasteiger partial charge in [0.2, 0.25) is 6.79 Å². The second kappa shape index (κ2) is 7.84. The van der Waals surface area contributed by atoms with Crippen LogP contribution in [0.15, 0.2) is 30.3 Å². The first-order valence-electron chi connectivity index (χ1n) is 8.67. The Morgan fingerprint density at radius 1 is 0.926 bits per heavy atom. The van der Waals surface area contributed by atoms with Gasteiger partial charge in [0.25, 0.3) is 0 Å². The van der Waals surface area contributed by atoms with Crippen molar-refractivity contribution in [3.05, 3.63) is 46.5 Å². The number of nitrogens with one attached hydrogen (secondary N) is 2. The van der Waals surface area contributed by atoms with E-state index in [-0.39, 0.29) is 12.8 Å². The Labute approximate surface area is 161 Å². The molecule has 4 rings (SSSR count). The van der Waals surface area contributed by atoms with Gasteiger partial charge in [0.1, 0.15) is 13.2 Å². The molecule has 0 bridgehead atoms. The number of urea groups is 1. The zero-order valence-corrected chi connectivity index (χ0v) is 15.3. The summed E-state index contributed by atoms with van der Waals surface area (Å²) in [5, 5.41) is 6.18. The number of fused-ring (bicyclic) bond motifs is 2. The third-order valence-electron chi connectivity index (χ3n) is 4.25. The van der Waals surface area contributed by atoms with E-state index >= 15 is 0 Å². The van der Waals surface area contributed by atoms with E-state index in [0.29, 0.717) is 55.0 Å². The van der Waals surface area contributed by atoms with Crippen LogP contribution in [0.5, 0.6) is 23.0 Å². The minimum atomic E-state index is -0.240. The van der Waals surface area contributed by atoms with Crippen LogP contribution < -0.4 is 29.6 Å². The van der Waals surface area contributed by atoms with Crippen LogP contribution in [-0.2, 0) is 13.0 Å². The van der Waals surface area contributed by atoms with Gasteiger partial charge < -0.3 is 29.6 Å². The maximum Gasteiger partial charge on any atom is 0.315 e. The summed E-state index contributed by atoms with van der Waals surface area (Å²) in [7, 11) is 0. The highest BCUT2D eigenvalue weighted by Crippen LogP contribution is 2.38. The summed E-state index contributed by atoms with van der Waals surface area (Å²) in [5.74, 6) is 2.66. The highest BCUT2D eigenvalue weighted by atomic mass is 35.5. The van der Waals surface area contributed by atoms with Gasteiger partial charge in [-0.05, 0) is 41.8 Å². The molecule has 2 aromatic carbocycles. The molecule has 2 N–H and O–H groups in total. The predicted octanol–water partition coefficient (Wildman–Crippen LogP) is 2.88. The van der Waals surface area contributed by atoms with Crippen LogP contribution in [0.3, 0.4) is 0 Å². The van der Waals surface area contributed by atoms with Gasteiger partial charge in [-0.15, -0.1) is 0 Å². The molecule has 2 amide bonds. The van der Waals surface area contributed by atoms with E-state index < -0.39 is 0 Å². The van der Waals surface area contributed by atoms with Crippen molar-refractivity contribution in [2.45, 2.75) is 13.0 Å². The summed E-state index contributed by atoms with van der Waals surface area (Å²) in [5.41, 5.74) is 1.91. The standard InChI is InChI=1S/C19H19ClN2O5/c20-14-7-12(8-17-18(14)25-6-5-24-17)3-4-21-19(23)22-10-13-1-2-15-16(9-13)27-11-26-15/h1-2,7-9H,3-6,10-11H2,(H2,21,22,23). The molecule has 0 aromatic heterocycles. The Hall–Kier alpha value is -2.80. The number of halogens is 1. The third kappa shape index (κ3) is 4.14. The van der Waals surface area contributed by atoms with E-state index in [0.717, 1.165) is 16.9 Å². The molecule has 2 aliphatic heterocycles. The molecule has 2 aromatic rings.